The molecule has 5 heteroatoms. The molecule has 1 unspecified atom stereocenters. The van der Waals surface area contributed by atoms with Crippen molar-refractivity contribution in [2.24, 2.45) is 5.92 Å². The van der Waals surface area contributed by atoms with Crippen LogP contribution in [-0.2, 0) is 9.53 Å². The number of rotatable bonds is 3. The molecule has 1 atom stereocenters. The second-order valence-electron chi connectivity index (χ2n) is 4.12. The highest BCUT2D eigenvalue weighted by atomic mass is 32.2. The highest BCUT2D eigenvalue weighted by Crippen LogP contribution is 2.24. The van der Waals surface area contributed by atoms with Gasteiger partial charge in [-0.15, -0.1) is 0 Å². The molecule has 1 aromatic carbocycles. The topological polar surface area (TPSA) is 55.4 Å². The predicted octanol–water partition coefficient (Wildman–Crippen LogP) is 2.16. The fourth-order valence-electron chi connectivity index (χ4n) is 1.79. The van der Waals surface area contributed by atoms with Crippen molar-refractivity contribution in [3.05, 3.63) is 29.8 Å². The first kappa shape index (κ1) is 13.0. The Hall–Kier alpha value is -1.49. The number of nitrogens with one attached hydrogen (secondary N) is 1. The largest absolute Gasteiger partial charge is 0.465 e. The van der Waals surface area contributed by atoms with Gasteiger partial charge in [0, 0.05) is 17.4 Å². The van der Waals surface area contributed by atoms with Crippen molar-refractivity contribution in [3.63, 3.8) is 0 Å². The van der Waals surface area contributed by atoms with Gasteiger partial charge in [-0.05, 0) is 36.4 Å². The van der Waals surface area contributed by atoms with E-state index in [1.54, 1.807) is 24.3 Å². The van der Waals surface area contributed by atoms with Crippen LogP contribution in [0.15, 0.2) is 24.3 Å². The van der Waals surface area contributed by atoms with Gasteiger partial charge in [0.2, 0.25) is 5.91 Å². The second kappa shape index (κ2) is 5.91. The maximum atomic E-state index is 11.9. The molecule has 1 aliphatic rings. The maximum Gasteiger partial charge on any atom is 0.337 e. The van der Waals surface area contributed by atoms with E-state index in [4.69, 9.17) is 0 Å². The Morgan fingerprint density at radius 1 is 1.33 bits per heavy atom. The fourth-order valence-corrected chi connectivity index (χ4v) is 3.01. The third-order valence-corrected chi connectivity index (χ3v) is 4.04. The number of amides is 1. The summed E-state index contributed by atoms with van der Waals surface area (Å²) in [5.41, 5.74) is 1.19. The fraction of sp³-hybridized carbons (Fsp3) is 0.385. The van der Waals surface area contributed by atoms with Crippen molar-refractivity contribution in [2.75, 3.05) is 23.9 Å². The van der Waals surface area contributed by atoms with Gasteiger partial charge in [0.15, 0.2) is 0 Å². The lowest BCUT2D eigenvalue weighted by molar-refractivity contribution is -0.119. The monoisotopic (exact) mass is 265 g/mol. The second-order valence-corrected chi connectivity index (χ2v) is 5.27. The van der Waals surface area contributed by atoms with Crippen LogP contribution in [0.1, 0.15) is 16.8 Å². The van der Waals surface area contributed by atoms with Gasteiger partial charge in [-0.25, -0.2) is 4.79 Å². The first-order valence-electron chi connectivity index (χ1n) is 5.77. The molecule has 1 amide bonds. The lowest BCUT2D eigenvalue weighted by atomic mass is 10.1. The Labute approximate surface area is 110 Å². The Bertz CT molecular complexity index is 438. The van der Waals surface area contributed by atoms with Crippen LogP contribution in [0.4, 0.5) is 5.69 Å². The molecule has 4 nitrogen and oxygen atoms in total. The number of carbonyl (C=O) groups is 2. The van der Waals surface area contributed by atoms with E-state index in [1.165, 1.54) is 7.11 Å². The van der Waals surface area contributed by atoms with E-state index < -0.39 is 0 Å². The Balaban J connectivity index is 1.97. The number of ether oxygens (including phenoxy) is 1. The van der Waals surface area contributed by atoms with Crippen LogP contribution in [0.2, 0.25) is 0 Å². The highest BCUT2D eigenvalue weighted by molar-refractivity contribution is 7.99. The number of anilines is 1. The highest BCUT2D eigenvalue weighted by Gasteiger charge is 2.23. The molecule has 0 aliphatic carbocycles. The smallest absolute Gasteiger partial charge is 0.337 e. The molecule has 0 saturated carbocycles. The third-order valence-electron chi connectivity index (χ3n) is 2.87. The number of thioether (sulfide) groups is 1. The summed E-state index contributed by atoms with van der Waals surface area (Å²) in [4.78, 5) is 23.1. The number of benzene rings is 1. The molecule has 1 aliphatic heterocycles. The van der Waals surface area contributed by atoms with Gasteiger partial charge in [-0.2, -0.15) is 11.8 Å². The van der Waals surface area contributed by atoms with Crippen LogP contribution in [0.3, 0.4) is 0 Å². The van der Waals surface area contributed by atoms with E-state index >= 15 is 0 Å². The summed E-state index contributed by atoms with van der Waals surface area (Å²) in [6, 6.07) is 6.72. The van der Waals surface area contributed by atoms with E-state index in [0.29, 0.717) is 11.3 Å². The molecule has 96 valence electrons. The zero-order valence-corrected chi connectivity index (χ0v) is 11.0. The Kier molecular flexibility index (Phi) is 4.25. The van der Waals surface area contributed by atoms with Gasteiger partial charge >= 0.3 is 5.97 Å². The van der Waals surface area contributed by atoms with Gasteiger partial charge in [-0.3, -0.25) is 4.79 Å². The summed E-state index contributed by atoms with van der Waals surface area (Å²) < 4.78 is 4.61. The van der Waals surface area contributed by atoms with Gasteiger partial charge in [0.25, 0.3) is 0 Å². The van der Waals surface area contributed by atoms with Crippen LogP contribution in [0.25, 0.3) is 0 Å². The number of hydrogen-bond donors (Lipinski definition) is 1. The van der Waals surface area contributed by atoms with Gasteiger partial charge in [0.1, 0.15) is 0 Å². The number of esters is 1. The zero-order chi connectivity index (χ0) is 13.0. The van der Waals surface area contributed by atoms with Crippen LogP contribution < -0.4 is 5.32 Å². The molecule has 0 bridgehead atoms. The van der Waals surface area contributed by atoms with E-state index in [2.05, 4.69) is 10.1 Å². The molecular formula is C13H15NO3S. The minimum absolute atomic E-state index is 0.0609. The van der Waals surface area contributed by atoms with Crippen LogP contribution in [0.5, 0.6) is 0 Å². The van der Waals surface area contributed by atoms with Crippen molar-refractivity contribution >= 4 is 29.3 Å². The number of methoxy groups -OCH3 is 1. The summed E-state index contributed by atoms with van der Waals surface area (Å²) in [5.74, 6) is 1.74. The minimum Gasteiger partial charge on any atom is -0.465 e. The van der Waals surface area contributed by atoms with E-state index in [1.807, 2.05) is 11.8 Å². The third kappa shape index (κ3) is 3.04. The normalized spacial score (nSPS) is 18.4. The van der Waals surface area contributed by atoms with Crippen LogP contribution >= 0.6 is 11.8 Å². The standard InChI is InChI=1S/C13H15NO3S/c1-17-13(16)9-2-4-11(5-3-9)14-12(15)10-6-7-18-8-10/h2-5,10H,6-8H2,1H3,(H,14,15). The molecule has 1 aromatic rings. The molecule has 0 aromatic heterocycles. The summed E-state index contributed by atoms with van der Waals surface area (Å²) in [7, 11) is 1.34. The first-order valence-corrected chi connectivity index (χ1v) is 6.93. The Morgan fingerprint density at radius 3 is 2.61 bits per heavy atom. The van der Waals surface area contributed by atoms with Crippen molar-refractivity contribution < 1.29 is 14.3 Å². The minimum atomic E-state index is -0.375. The molecule has 1 saturated heterocycles. The zero-order valence-electron chi connectivity index (χ0n) is 10.1. The Morgan fingerprint density at radius 2 is 2.06 bits per heavy atom. The lowest BCUT2D eigenvalue weighted by Crippen LogP contribution is -2.22. The molecule has 2 rings (SSSR count). The molecule has 1 fully saturated rings. The predicted molar refractivity (Wildman–Crippen MR) is 71.8 cm³/mol. The van der Waals surface area contributed by atoms with Crippen molar-refractivity contribution in [1.82, 2.24) is 0 Å². The molecule has 1 N–H and O–H groups in total. The van der Waals surface area contributed by atoms with Gasteiger partial charge < -0.3 is 10.1 Å². The van der Waals surface area contributed by atoms with Crippen molar-refractivity contribution in [1.29, 1.82) is 0 Å². The summed E-state index contributed by atoms with van der Waals surface area (Å²) in [6.07, 6.45) is 0.941. The maximum absolute atomic E-state index is 11.9. The lowest BCUT2D eigenvalue weighted by Gasteiger charge is -2.10. The summed E-state index contributed by atoms with van der Waals surface area (Å²) in [6.45, 7) is 0. The molecule has 1 heterocycles. The van der Waals surface area contributed by atoms with Crippen LogP contribution in [-0.4, -0.2) is 30.5 Å². The molecule has 18 heavy (non-hydrogen) atoms. The first-order chi connectivity index (χ1) is 8.70. The van der Waals surface area contributed by atoms with Crippen LogP contribution in [0, 0.1) is 5.92 Å². The van der Waals surface area contributed by atoms with Crippen molar-refractivity contribution in [3.8, 4) is 0 Å². The van der Waals surface area contributed by atoms with Gasteiger partial charge in [0.05, 0.1) is 12.7 Å². The van der Waals surface area contributed by atoms with Crippen molar-refractivity contribution in [2.45, 2.75) is 6.42 Å². The number of carbonyl (C=O) groups excluding carboxylic acids is 2. The van der Waals surface area contributed by atoms with E-state index in [0.717, 1.165) is 17.9 Å². The molecule has 0 radical (unpaired) electrons. The quantitative estimate of drug-likeness (QED) is 0.851. The van der Waals surface area contributed by atoms with E-state index in [-0.39, 0.29) is 17.8 Å². The molecular weight excluding hydrogens is 250 g/mol. The average molecular weight is 265 g/mol. The average Bonchev–Trinajstić information content (AvgIpc) is 2.92. The summed E-state index contributed by atoms with van der Waals surface area (Å²) >= 11 is 1.81. The number of hydrogen-bond acceptors (Lipinski definition) is 4. The summed E-state index contributed by atoms with van der Waals surface area (Å²) in [5, 5.41) is 2.86. The SMILES string of the molecule is COC(=O)c1ccc(NC(=O)C2CCSC2)cc1. The van der Waals surface area contributed by atoms with Gasteiger partial charge in [-0.1, -0.05) is 0 Å². The molecule has 0 spiro atoms. The van der Waals surface area contributed by atoms with E-state index in [9.17, 15) is 9.59 Å².